The number of piperidine rings is 1. The summed E-state index contributed by atoms with van der Waals surface area (Å²) in [6, 6.07) is 10.4. The van der Waals surface area contributed by atoms with Crippen LogP contribution in [0.25, 0.3) is 0 Å². The molecule has 2 aliphatic rings. The molecule has 2 nitrogen and oxygen atoms in total. The van der Waals surface area contributed by atoms with E-state index in [1.807, 2.05) is 23.1 Å². The molecule has 3 rings (SSSR count). The highest BCUT2D eigenvalue weighted by Gasteiger charge is 2.46. The minimum atomic E-state index is 0.150. The topological polar surface area (TPSA) is 20.3 Å². The van der Waals surface area contributed by atoms with Gasteiger partial charge in [-0.25, -0.2) is 0 Å². The summed E-state index contributed by atoms with van der Waals surface area (Å²) in [7, 11) is 0. The van der Waals surface area contributed by atoms with Crippen LogP contribution in [0.1, 0.15) is 30.7 Å². The summed E-state index contributed by atoms with van der Waals surface area (Å²) in [5, 5.41) is 0.150. The van der Waals surface area contributed by atoms with E-state index in [9.17, 15) is 4.79 Å². The zero-order valence-corrected chi connectivity index (χ0v) is 11.1. The second kappa shape index (κ2) is 4.93. The third kappa shape index (κ3) is 2.39. The maximum atomic E-state index is 12.4. The number of carbonyl (C=O) groups excluding carboxylic acids is 1. The van der Waals surface area contributed by atoms with Gasteiger partial charge in [0.25, 0.3) is 0 Å². The van der Waals surface area contributed by atoms with Gasteiger partial charge in [0.15, 0.2) is 0 Å². The smallest absolute Gasteiger partial charge is 0.226 e. The molecule has 1 saturated heterocycles. The fourth-order valence-corrected chi connectivity index (χ4v) is 3.22. The van der Waals surface area contributed by atoms with E-state index in [1.165, 1.54) is 5.56 Å². The van der Waals surface area contributed by atoms with Gasteiger partial charge in [-0.3, -0.25) is 4.79 Å². The van der Waals surface area contributed by atoms with Crippen LogP contribution < -0.4 is 0 Å². The molecule has 1 amide bonds. The average molecular weight is 264 g/mol. The number of likely N-dealkylation sites (tertiary alicyclic amines) is 1. The number of carbonyl (C=O) groups is 1. The van der Waals surface area contributed by atoms with Crippen molar-refractivity contribution in [2.45, 2.75) is 30.6 Å². The second-order valence-corrected chi connectivity index (χ2v) is 6.00. The Labute approximate surface area is 113 Å². The molecule has 96 valence electrons. The third-order valence-corrected chi connectivity index (χ3v) is 4.37. The van der Waals surface area contributed by atoms with Crippen LogP contribution in [0.5, 0.6) is 0 Å². The SMILES string of the molecule is O=C(C1CC1c1ccccc1)N1CCCC(Cl)C1. The Kier molecular flexibility index (Phi) is 3.29. The molecule has 3 heteroatoms. The Morgan fingerprint density at radius 3 is 2.78 bits per heavy atom. The number of halogens is 1. The molecule has 3 atom stereocenters. The van der Waals surface area contributed by atoms with E-state index in [0.717, 1.165) is 32.4 Å². The van der Waals surface area contributed by atoms with E-state index < -0.39 is 0 Å². The van der Waals surface area contributed by atoms with Crippen LogP contribution in [-0.4, -0.2) is 29.3 Å². The van der Waals surface area contributed by atoms with Crippen LogP contribution in [0.4, 0.5) is 0 Å². The van der Waals surface area contributed by atoms with E-state index in [4.69, 9.17) is 11.6 Å². The summed E-state index contributed by atoms with van der Waals surface area (Å²) >= 11 is 6.14. The highest BCUT2D eigenvalue weighted by atomic mass is 35.5. The Balaban J connectivity index is 1.62. The zero-order chi connectivity index (χ0) is 12.5. The Morgan fingerprint density at radius 1 is 1.28 bits per heavy atom. The van der Waals surface area contributed by atoms with Gasteiger partial charge in [0.05, 0.1) is 5.38 Å². The van der Waals surface area contributed by atoms with Crippen molar-refractivity contribution in [3.63, 3.8) is 0 Å². The minimum Gasteiger partial charge on any atom is -0.341 e. The predicted octanol–water partition coefficient (Wildman–Crippen LogP) is 3.02. The largest absolute Gasteiger partial charge is 0.341 e. The van der Waals surface area contributed by atoms with Gasteiger partial charge in [-0.2, -0.15) is 0 Å². The van der Waals surface area contributed by atoms with E-state index in [2.05, 4.69) is 12.1 Å². The molecule has 2 fully saturated rings. The first-order chi connectivity index (χ1) is 8.75. The molecule has 1 aliphatic carbocycles. The molecular weight excluding hydrogens is 246 g/mol. The number of rotatable bonds is 2. The molecule has 18 heavy (non-hydrogen) atoms. The first-order valence-electron chi connectivity index (χ1n) is 6.73. The van der Waals surface area contributed by atoms with Crippen molar-refractivity contribution in [1.29, 1.82) is 0 Å². The fourth-order valence-electron chi connectivity index (χ4n) is 2.90. The predicted molar refractivity (Wildman–Crippen MR) is 72.7 cm³/mol. The van der Waals surface area contributed by atoms with Gasteiger partial charge in [0.1, 0.15) is 0 Å². The van der Waals surface area contributed by atoms with Crippen molar-refractivity contribution in [1.82, 2.24) is 4.90 Å². The maximum absolute atomic E-state index is 12.4. The van der Waals surface area contributed by atoms with E-state index >= 15 is 0 Å². The maximum Gasteiger partial charge on any atom is 0.226 e. The number of benzene rings is 1. The van der Waals surface area contributed by atoms with Crippen molar-refractivity contribution in [2.75, 3.05) is 13.1 Å². The molecule has 1 saturated carbocycles. The van der Waals surface area contributed by atoms with Crippen LogP contribution in [0.15, 0.2) is 30.3 Å². The van der Waals surface area contributed by atoms with Gasteiger partial charge < -0.3 is 4.90 Å². The molecule has 0 aromatic heterocycles. The highest BCUT2D eigenvalue weighted by Crippen LogP contribution is 2.48. The van der Waals surface area contributed by atoms with Gasteiger partial charge in [-0.15, -0.1) is 11.6 Å². The summed E-state index contributed by atoms with van der Waals surface area (Å²) in [4.78, 5) is 14.3. The molecule has 3 unspecified atom stereocenters. The lowest BCUT2D eigenvalue weighted by molar-refractivity contribution is -0.133. The van der Waals surface area contributed by atoms with Gasteiger partial charge in [-0.1, -0.05) is 30.3 Å². The van der Waals surface area contributed by atoms with E-state index in [-0.39, 0.29) is 11.3 Å². The first kappa shape index (κ1) is 12.0. The Hall–Kier alpha value is -1.02. The molecule has 0 bridgehead atoms. The van der Waals surface area contributed by atoms with Gasteiger partial charge in [0.2, 0.25) is 5.91 Å². The number of hydrogen-bond acceptors (Lipinski definition) is 1. The Bertz CT molecular complexity index is 433. The summed E-state index contributed by atoms with van der Waals surface area (Å²) in [6.45, 7) is 1.62. The molecule has 1 heterocycles. The molecule has 1 aromatic rings. The molecule has 0 radical (unpaired) electrons. The fraction of sp³-hybridized carbons (Fsp3) is 0.533. The first-order valence-corrected chi connectivity index (χ1v) is 7.17. The van der Waals surface area contributed by atoms with Crippen LogP contribution in [0.3, 0.4) is 0 Å². The standard InChI is InChI=1S/C15H18ClNO/c16-12-7-4-8-17(10-12)15(18)14-9-13(14)11-5-2-1-3-6-11/h1-3,5-6,12-14H,4,7-10H2. The number of alkyl halides is 1. The van der Waals surface area contributed by atoms with Gasteiger partial charge in [0, 0.05) is 19.0 Å². The molecule has 1 aliphatic heterocycles. The van der Waals surface area contributed by atoms with E-state index in [0.29, 0.717) is 11.8 Å². The Morgan fingerprint density at radius 2 is 2.06 bits per heavy atom. The molecule has 0 N–H and O–H groups in total. The van der Waals surface area contributed by atoms with Gasteiger partial charge >= 0.3 is 0 Å². The highest BCUT2D eigenvalue weighted by molar-refractivity contribution is 6.20. The minimum absolute atomic E-state index is 0.150. The lowest BCUT2D eigenvalue weighted by Crippen LogP contribution is -2.41. The quantitative estimate of drug-likeness (QED) is 0.751. The van der Waals surface area contributed by atoms with Gasteiger partial charge in [-0.05, 0) is 30.7 Å². The number of hydrogen-bond donors (Lipinski definition) is 0. The molecule has 0 spiro atoms. The van der Waals surface area contributed by atoms with Crippen molar-refractivity contribution >= 4 is 17.5 Å². The van der Waals surface area contributed by atoms with Crippen LogP contribution in [0, 0.1) is 5.92 Å². The van der Waals surface area contributed by atoms with Crippen molar-refractivity contribution in [2.24, 2.45) is 5.92 Å². The van der Waals surface area contributed by atoms with E-state index in [1.54, 1.807) is 0 Å². The van der Waals surface area contributed by atoms with Crippen molar-refractivity contribution in [3.05, 3.63) is 35.9 Å². The average Bonchev–Trinajstić information content (AvgIpc) is 3.19. The molecular formula is C15H18ClNO. The molecule has 1 aromatic carbocycles. The van der Waals surface area contributed by atoms with Crippen molar-refractivity contribution < 1.29 is 4.79 Å². The lowest BCUT2D eigenvalue weighted by Gasteiger charge is -2.30. The normalized spacial score (nSPS) is 31.2. The van der Waals surface area contributed by atoms with Crippen LogP contribution in [0.2, 0.25) is 0 Å². The summed E-state index contributed by atoms with van der Waals surface area (Å²) in [5.41, 5.74) is 1.30. The number of nitrogens with zero attached hydrogens (tertiary/aromatic N) is 1. The zero-order valence-electron chi connectivity index (χ0n) is 10.4. The number of amides is 1. The monoisotopic (exact) mass is 263 g/mol. The van der Waals surface area contributed by atoms with Crippen LogP contribution >= 0.6 is 11.6 Å². The summed E-state index contributed by atoms with van der Waals surface area (Å²) in [6.07, 6.45) is 3.09. The summed E-state index contributed by atoms with van der Waals surface area (Å²) in [5.74, 6) is 0.956. The summed E-state index contributed by atoms with van der Waals surface area (Å²) < 4.78 is 0. The third-order valence-electron chi connectivity index (χ3n) is 4.01. The lowest BCUT2D eigenvalue weighted by atomic mass is 10.1. The second-order valence-electron chi connectivity index (χ2n) is 5.38. The van der Waals surface area contributed by atoms with Crippen molar-refractivity contribution in [3.8, 4) is 0 Å². The van der Waals surface area contributed by atoms with Crippen LogP contribution in [-0.2, 0) is 4.79 Å².